The fraction of sp³-hybridized carbons (Fsp3) is 0.341. The van der Waals surface area contributed by atoms with Gasteiger partial charge in [0.05, 0.1) is 17.6 Å². The van der Waals surface area contributed by atoms with Crippen LogP contribution in [-0.2, 0) is 4.79 Å². The second kappa shape index (κ2) is 33.6. The van der Waals surface area contributed by atoms with E-state index in [1.807, 2.05) is 89.0 Å². The normalized spacial score (nSPS) is 13.1. The summed E-state index contributed by atoms with van der Waals surface area (Å²) in [5, 5.41) is 32.0. The van der Waals surface area contributed by atoms with Crippen LogP contribution >= 0.6 is 0 Å². The number of aromatic amines is 3. The Morgan fingerprint density at radius 3 is 1.58 bits per heavy atom. The number of rotatable bonds is 5. The van der Waals surface area contributed by atoms with Crippen molar-refractivity contribution in [2.45, 2.75) is 6.42 Å². The molecule has 14 N–H and O–H groups in total. The summed E-state index contributed by atoms with van der Waals surface area (Å²) in [6.07, 6.45) is 11.7. The van der Waals surface area contributed by atoms with Gasteiger partial charge in [0.15, 0.2) is 23.8 Å². The number of H-pyrrole nitrogens is 3. The van der Waals surface area contributed by atoms with Crippen molar-refractivity contribution in [2.75, 3.05) is 116 Å². The summed E-state index contributed by atoms with van der Waals surface area (Å²) in [4.78, 5) is 50.7. The average molecular weight is 883 g/mol. The highest BCUT2D eigenvalue weighted by molar-refractivity contribution is 6.04. The molecule has 64 heavy (non-hydrogen) atoms. The van der Waals surface area contributed by atoms with Crippen molar-refractivity contribution in [3.63, 3.8) is 0 Å². The standard InChI is InChI=1S/C8H9N3.C6H8N2.C5H11N3.C5H7N3.C5H8N2.C4H7N3O.C4H9N3.C4H7N3/c1-9-8-10-6-4-2-3-5-7(6)11-8;1-7-6-4-2-3-5-8-6;2*1-6-5-7-3-2-4-8-5;1-6-5-3-2-4-7-5;1-5-4-6-2-3(8)7-4;2*1-5-4-6-2-3-7-4/h2-5H,1H3,(H2,9,10,11);2-5H,1H3,(H,7,8);2-4H2,1H3,(H2,6,7,8);2-4H,1H3,(H,6,7,8);2-4,6-7H,1H3;2H2,1H3,(H2,5,6,7,8);2-3H2,1H3,(H2,5,6,7);2-3H,1H3,(H2,5,6,7). The van der Waals surface area contributed by atoms with Gasteiger partial charge >= 0.3 is 0 Å². The molecule has 1 aromatic carbocycles. The topological polar surface area (TPSA) is 298 Å². The van der Waals surface area contributed by atoms with E-state index in [0.717, 1.165) is 72.7 Å². The summed E-state index contributed by atoms with van der Waals surface area (Å²) in [7, 11) is 14.3. The number of pyridine rings is 1. The smallest absolute Gasteiger partial charge is 0.246 e. The van der Waals surface area contributed by atoms with Gasteiger partial charge in [0.1, 0.15) is 11.6 Å². The first-order valence-corrected chi connectivity index (χ1v) is 20.4. The third-order valence-electron chi connectivity index (χ3n) is 7.93. The highest BCUT2D eigenvalue weighted by Gasteiger charge is 2.12. The monoisotopic (exact) mass is 883 g/mol. The minimum Gasteiger partial charge on any atom is -0.375 e. The molecule has 3 saturated heterocycles. The maximum absolute atomic E-state index is 10.4. The van der Waals surface area contributed by atoms with Gasteiger partial charge in [-0.25, -0.2) is 24.9 Å². The van der Waals surface area contributed by atoms with Crippen molar-refractivity contribution in [3.05, 3.63) is 97.8 Å². The number of hydrogen-bond donors (Lipinski definition) is 14. The summed E-state index contributed by atoms with van der Waals surface area (Å²) in [5.74, 6) is 6.63. The van der Waals surface area contributed by atoms with Crippen LogP contribution < -0.4 is 58.5 Å². The van der Waals surface area contributed by atoms with E-state index < -0.39 is 0 Å². The van der Waals surface area contributed by atoms with Crippen molar-refractivity contribution >= 4 is 64.3 Å². The molecule has 23 heteroatoms. The highest BCUT2D eigenvalue weighted by Crippen LogP contribution is 2.12. The fourth-order valence-corrected chi connectivity index (χ4v) is 4.72. The Morgan fingerprint density at radius 2 is 1.19 bits per heavy atom. The number of hydrogen-bond acceptors (Lipinski definition) is 14. The molecule has 23 nitrogen and oxygen atoms in total. The lowest BCUT2D eigenvalue weighted by atomic mass is 10.3. The molecule has 0 unspecified atom stereocenters. The summed E-state index contributed by atoms with van der Waals surface area (Å²) >= 11 is 0. The fourth-order valence-electron chi connectivity index (χ4n) is 4.72. The van der Waals surface area contributed by atoms with Crippen molar-refractivity contribution < 1.29 is 4.79 Å². The van der Waals surface area contributed by atoms with Crippen LogP contribution in [0.3, 0.4) is 0 Å². The summed E-state index contributed by atoms with van der Waals surface area (Å²) < 4.78 is 0. The number of nitrogens with zero attached hydrogens (tertiary/aromatic N) is 8. The molecule has 0 aliphatic carbocycles. The number of carbonyl (C=O) groups is 1. The SMILES string of the molecule is CN=C1NCC(=O)N1.CN=C1NCCCN1.CN=C1NCCN1.CNc1ccc[nH]1.CNc1ccccn1.CNc1nc2ccccc2[nH]1.CNc1ncc[nH]1.CNc1ncccn1. The van der Waals surface area contributed by atoms with Crippen LogP contribution in [0.2, 0.25) is 0 Å². The summed E-state index contributed by atoms with van der Waals surface area (Å²) in [5.41, 5.74) is 2.06. The van der Waals surface area contributed by atoms with Crippen LogP contribution in [0.25, 0.3) is 11.0 Å². The molecule has 5 aromatic heterocycles. The van der Waals surface area contributed by atoms with Gasteiger partial charge < -0.3 is 68.1 Å². The third kappa shape index (κ3) is 23.0. The van der Waals surface area contributed by atoms with Gasteiger partial charge in [0.25, 0.3) is 0 Å². The van der Waals surface area contributed by atoms with E-state index in [2.05, 4.69) is 113 Å². The Balaban J connectivity index is 0.000000253. The molecule has 0 spiro atoms. The number of amides is 1. The minimum atomic E-state index is -0.0226. The van der Waals surface area contributed by atoms with E-state index >= 15 is 0 Å². The van der Waals surface area contributed by atoms with E-state index in [1.165, 1.54) is 6.42 Å². The molecule has 0 atom stereocenters. The first-order chi connectivity index (χ1) is 31.3. The van der Waals surface area contributed by atoms with Crippen LogP contribution in [0, 0.1) is 0 Å². The van der Waals surface area contributed by atoms with Gasteiger partial charge in [-0.1, -0.05) is 18.2 Å². The molecule has 0 radical (unpaired) electrons. The second-order valence-corrected chi connectivity index (χ2v) is 12.3. The van der Waals surface area contributed by atoms with E-state index in [9.17, 15) is 4.79 Å². The number of anilines is 5. The zero-order valence-electron chi connectivity index (χ0n) is 38.0. The first kappa shape index (κ1) is 52.0. The zero-order valence-corrected chi connectivity index (χ0v) is 38.0. The van der Waals surface area contributed by atoms with Crippen molar-refractivity contribution in [1.29, 1.82) is 0 Å². The van der Waals surface area contributed by atoms with Crippen LogP contribution in [0.4, 0.5) is 29.5 Å². The van der Waals surface area contributed by atoms with Gasteiger partial charge in [-0.15, -0.1) is 0 Å². The van der Waals surface area contributed by atoms with Gasteiger partial charge in [-0.2, -0.15) is 0 Å². The minimum absolute atomic E-state index is 0.0226. The molecule has 3 aliphatic heterocycles. The summed E-state index contributed by atoms with van der Waals surface area (Å²) in [6, 6.07) is 19.4. The quantitative estimate of drug-likeness (QED) is 0.118. The molecule has 9 rings (SSSR count). The average Bonchev–Trinajstić information content (AvgIpc) is 4.25. The molecular formula is C41H66N22O. The maximum Gasteiger partial charge on any atom is 0.246 e. The molecular weight excluding hydrogens is 817 g/mol. The Morgan fingerprint density at radius 1 is 0.547 bits per heavy atom. The molecule has 8 heterocycles. The Bertz CT molecular complexity index is 2000. The maximum atomic E-state index is 10.4. The Hall–Kier alpha value is -8.11. The van der Waals surface area contributed by atoms with Gasteiger partial charge in [-0.3, -0.25) is 25.1 Å². The molecule has 346 valence electrons. The number of benzene rings is 1. The lowest BCUT2D eigenvalue weighted by Crippen LogP contribution is -2.43. The first-order valence-electron chi connectivity index (χ1n) is 20.4. The predicted octanol–water partition coefficient (Wildman–Crippen LogP) is 2.17. The summed E-state index contributed by atoms with van der Waals surface area (Å²) in [6.45, 7) is 4.48. The second-order valence-electron chi connectivity index (χ2n) is 12.3. The molecule has 1 amide bonds. The van der Waals surface area contributed by atoms with Crippen molar-refractivity contribution in [2.24, 2.45) is 15.0 Å². The van der Waals surface area contributed by atoms with Crippen molar-refractivity contribution in [3.8, 4) is 0 Å². The van der Waals surface area contributed by atoms with Gasteiger partial charge in [-0.05, 0) is 48.9 Å². The largest absolute Gasteiger partial charge is 0.375 e. The number of para-hydroxylation sites is 2. The lowest BCUT2D eigenvalue weighted by Gasteiger charge is -2.16. The van der Waals surface area contributed by atoms with Crippen molar-refractivity contribution in [1.82, 2.24) is 71.8 Å². The number of guanidine groups is 3. The van der Waals surface area contributed by atoms with Crippen LogP contribution in [0.15, 0.2) is 113 Å². The number of aliphatic imine (C=N–C) groups is 3. The molecule has 0 saturated carbocycles. The Labute approximate surface area is 375 Å². The number of nitrogens with one attached hydrogen (secondary N) is 14. The predicted molar refractivity (Wildman–Crippen MR) is 262 cm³/mol. The molecule has 3 fully saturated rings. The van der Waals surface area contributed by atoms with Crippen LogP contribution in [-0.4, -0.2) is 153 Å². The zero-order chi connectivity index (χ0) is 46.5. The molecule has 3 aliphatic rings. The van der Waals surface area contributed by atoms with Gasteiger partial charge in [0.2, 0.25) is 17.8 Å². The van der Waals surface area contributed by atoms with E-state index in [4.69, 9.17) is 0 Å². The van der Waals surface area contributed by atoms with E-state index in [1.54, 1.807) is 65.2 Å². The van der Waals surface area contributed by atoms with E-state index in [-0.39, 0.29) is 5.91 Å². The van der Waals surface area contributed by atoms with E-state index in [0.29, 0.717) is 18.5 Å². The van der Waals surface area contributed by atoms with Gasteiger partial charge in [0, 0.05) is 120 Å². The molecule has 0 bridgehead atoms. The number of fused-ring (bicyclic) bond motifs is 1. The molecule has 6 aromatic rings. The third-order valence-corrected chi connectivity index (χ3v) is 7.93. The number of aromatic nitrogens is 8. The van der Waals surface area contributed by atoms with Crippen LogP contribution in [0.5, 0.6) is 0 Å². The Kier molecular flexibility index (Phi) is 27.3. The highest BCUT2D eigenvalue weighted by atomic mass is 16.2. The lowest BCUT2D eigenvalue weighted by molar-refractivity contribution is -0.117. The number of carbonyl (C=O) groups excluding carboxylic acids is 1. The number of imidazole rings is 2. The van der Waals surface area contributed by atoms with Crippen LogP contribution in [0.1, 0.15) is 6.42 Å².